The lowest BCUT2D eigenvalue weighted by molar-refractivity contribution is 0.0696. The van der Waals surface area contributed by atoms with Crippen molar-refractivity contribution < 1.29 is 14.6 Å². The fraction of sp³-hybridized carbons (Fsp3) is 0.417. The van der Waals surface area contributed by atoms with Crippen molar-refractivity contribution in [3.05, 3.63) is 35.4 Å². The number of carboxylic acids is 1. The monoisotopic (exact) mass is 206 g/mol. The SMILES string of the molecule is O=C(O)c1ccc(COCC2CC2)cc1. The zero-order valence-corrected chi connectivity index (χ0v) is 8.48. The third kappa shape index (κ3) is 3.06. The van der Waals surface area contributed by atoms with E-state index in [-0.39, 0.29) is 0 Å². The lowest BCUT2D eigenvalue weighted by atomic mass is 10.1. The second-order valence-corrected chi connectivity index (χ2v) is 3.96. The second kappa shape index (κ2) is 4.45. The Morgan fingerprint density at radius 3 is 2.53 bits per heavy atom. The first kappa shape index (κ1) is 10.2. The molecule has 0 unspecified atom stereocenters. The fourth-order valence-electron chi connectivity index (χ4n) is 1.37. The van der Waals surface area contributed by atoms with Gasteiger partial charge in [-0.3, -0.25) is 0 Å². The molecule has 1 saturated carbocycles. The Morgan fingerprint density at radius 1 is 1.33 bits per heavy atom. The zero-order valence-electron chi connectivity index (χ0n) is 8.48. The molecule has 0 radical (unpaired) electrons. The molecule has 0 saturated heterocycles. The first-order valence-corrected chi connectivity index (χ1v) is 5.15. The van der Waals surface area contributed by atoms with Crippen molar-refractivity contribution in [2.24, 2.45) is 5.92 Å². The van der Waals surface area contributed by atoms with Gasteiger partial charge >= 0.3 is 5.97 Å². The number of ether oxygens (including phenoxy) is 1. The van der Waals surface area contributed by atoms with Crippen molar-refractivity contribution in [1.82, 2.24) is 0 Å². The van der Waals surface area contributed by atoms with Gasteiger partial charge in [-0.2, -0.15) is 0 Å². The molecule has 0 aromatic heterocycles. The smallest absolute Gasteiger partial charge is 0.335 e. The summed E-state index contributed by atoms with van der Waals surface area (Å²) in [6, 6.07) is 6.82. The van der Waals surface area contributed by atoms with Crippen LogP contribution < -0.4 is 0 Å². The molecule has 0 heterocycles. The lowest BCUT2D eigenvalue weighted by Gasteiger charge is -2.03. The second-order valence-electron chi connectivity index (χ2n) is 3.96. The van der Waals surface area contributed by atoms with Crippen LogP contribution in [0.3, 0.4) is 0 Å². The maximum absolute atomic E-state index is 10.6. The highest BCUT2D eigenvalue weighted by Crippen LogP contribution is 2.29. The third-order valence-electron chi connectivity index (χ3n) is 2.52. The summed E-state index contributed by atoms with van der Waals surface area (Å²) >= 11 is 0. The van der Waals surface area contributed by atoms with Crippen molar-refractivity contribution >= 4 is 5.97 Å². The van der Waals surface area contributed by atoms with E-state index in [9.17, 15) is 4.79 Å². The predicted molar refractivity (Wildman–Crippen MR) is 55.8 cm³/mol. The Hall–Kier alpha value is -1.35. The van der Waals surface area contributed by atoms with Gasteiger partial charge in [0, 0.05) is 6.61 Å². The molecule has 0 atom stereocenters. The van der Waals surface area contributed by atoms with Gasteiger partial charge in [0.25, 0.3) is 0 Å². The summed E-state index contributed by atoms with van der Waals surface area (Å²) < 4.78 is 5.50. The van der Waals surface area contributed by atoms with Crippen LogP contribution in [0.15, 0.2) is 24.3 Å². The lowest BCUT2D eigenvalue weighted by Crippen LogP contribution is -1.99. The van der Waals surface area contributed by atoms with Crippen LogP contribution in [0.2, 0.25) is 0 Å². The summed E-state index contributed by atoms with van der Waals surface area (Å²) in [6.07, 6.45) is 2.58. The van der Waals surface area contributed by atoms with E-state index in [2.05, 4.69) is 0 Å². The normalized spacial score (nSPS) is 15.2. The van der Waals surface area contributed by atoms with Crippen LogP contribution in [0.4, 0.5) is 0 Å². The molecule has 15 heavy (non-hydrogen) atoms. The summed E-state index contributed by atoms with van der Waals surface area (Å²) in [5, 5.41) is 8.70. The van der Waals surface area contributed by atoms with Gasteiger partial charge in [-0.1, -0.05) is 12.1 Å². The molecule has 1 fully saturated rings. The number of aromatic carboxylic acids is 1. The minimum Gasteiger partial charge on any atom is -0.478 e. The Labute approximate surface area is 88.7 Å². The minimum absolute atomic E-state index is 0.320. The minimum atomic E-state index is -0.888. The van der Waals surface area contributed by atoms with Crippen LogP contribution >= 0.6 is 0 Å². The standard InChI is InChI=1S/C12H14O3/c13-12(14)11-5-3-10(4-6-11)8-15-7-9-1-2-9/h3-6,9H,1-2,7-8H2,(H,13,14). The van der Waals surface area contributed by atoms with E-state index < -0.39 is 5.97 Å². The molecule has 1 aromatic rings. The maximum atomic E-state index is 10.6. The van der Waals surface area contributed by atoms with Crippen molar-refractivity contribution in [3.63, 3.8) is 0 Å². The highest BCUT2D eigenvalue weighted by molar-refractivity contribution is 5.87. The van der Waals surface area contributed by atoms with Gasteiger partial charge in [0.15, 0.2) is 0 Å². The van der Waals surface area contributed by atoms with Crippen molar-refractivity contribution in [3.8, 4) is 0 Å². The van der Waals surface area contributed by atoms with Crippen molar-refractivity contribution in [2.75, 3.05) is 6.61 Å². The summed E-state index contributed by atoms with van der Waals surface area (Å²) in [6.45, 7) is 1.41. The van der Waals surface area contributed by atoms with Crippen molar-refractivity contribution in [2.45, 2.75) is 19.4 Å². The highest BCUT2D eigenvalue weighted by Gasteiger charge is 2.20. The van der Waals surface area contributed by atoms with Crippen LogP contribution in [0, 0.1) is 5.92 Å². The predicted octanol–water partition coefficient (Wildman–Crippen LogP) is 2.31. The van der Waals surface area contributed by atoms with E-state index in [0.717, 1.165) is 18.1 Å². The van der Waals surface area contributed by atoms with Gasteiger partial charge < -0.3 is 9.84 Å². The van der Waals surface area contributed by atoms with Crippen LogP contribution in [0.1, 0.15) is 28.8 Å². The van der Waals surface area contributed by atoms with Gasteiger partial charge in [0.1, 0.15) is 0 Å². The number of carbonyl (C=O) groups is 1. The van der Waals surface area contributed by atoms with E-state index in [1.165, 1.54) is 12.8 Å². The zero-order chi connectivity index (χ0) is 10.7. The Bertz CT molecular complexity index is 338. The molecule has 0 spiro atoms. The fourth-order valence-corrected chi connectivity index (χ4v) is 1.37. The van der Waals surface area contributed by atoms with Crippen LogP contribution in [-0.4, -0.2) is 17.7 Å². The van der Waals surface area contributed by atoms with E-state index in [1.54, 1.807) is 24.3 Å². The molecule has 3 heteroatoms. The molecule has 0 aliphatic heterocycles. The molecule has 0 amide bonds. The molecule has 1 aliphatic carbocycles. The first-order chi connectivity index (χ1) is 7.25. The summed E-state index contributed by atoms with van der Waals surface area (Å²) in [4.78, 5) is 10.6. The third-order valence-corrected chi connectivity index (χ3v) is 2.52. The quantitative estimate of drug-likeness (QED) is 0.804. The highest BCUT2D eigenvalue weighted by atomic mass is 16.5. The average Bonchev–Trinajstić information content (AvgIpc) is 3.02. The van der Waals surface area contributed by atoms with E-state index >= 15 is 0 Å². The molecule has 0 bridgehead atoms. The summed E-state index contributed by atoms with van der Waals surface area (Å²) in [5.74, 6) is -0.122. The van der Waals surface area contributed by atoms with Gasteiger partial charge in [-0.15, -0.1) is 0 Å². The van der Waals surface area contributed by atoms with Gasteiger partial charge in [-0.05, 0) is 36.5 Å². The summed E-state index contributed by atoms with van der Waals surface area (Å²) in [7, 11) is 0. The first-order valence-electron chi connectivity index (χ1n) is 5.15. The summed E-state index contributed by atoms with van der Waals surface area (Å²) in [5.41, 5.74) is 1.35. The van der Waals surface area contributed by atoms with Crippen LogP contribution in [0.25, 0.3) is 0 Å². The van der Waals surface area contributed by atoms with Crippen LogP contribution in [-0.2, 0) is 11.3 Å². The van der Waals surface area contributed by atoms with E-state index in [1.807, 2.05) is 0 Å². The largest absolute Gasteiger partial charge is 0.478 e. The van der Waals surface area contributed by atoms with Gasteiger partial charge in [0.2, 0.25) is 0 Å². The molecule has 2 rings (SSSR count). The molecule has 1 N–H and O–H groups in total. The maximum Gasteiger partial charge on any atom is 0.335 e. The Balaban J connectivity index is 1.83. The number of carboxylic acid groups (broad SMARTS) is 1. The molecule has 1 aromatic carbocycles. The molecular formula is C12H14O3. The average molecular weight is 206 g/mol. The topological polar surface area (TPSA) is 46.5 Å². The molecule has 80 valence electrons. The Morgan fingerprint density at radius 2 is 2.00 bits per heavy atom. The van der Waals surface area contributed by atoms with Crippen molar-refractivity contribution in [1.29, 1.82) is 0 Å². The Kier molecular flexibility index (Phi) is 3.02. The number of benzene rings is 1. The molecular weight excluding hydrogens is 192 g/mol. The molecule has 3 nitrogen and oxygen atoms in total. The molecule has 1 aliphatic rings. The van der Waals surface area contributed by atoms with E-state index in [4.69, 9.17) is 9.84 Å². The number of rotatable bonds is 5. The number of hydrogen-bond donors (Lipinski definition) is 1. The van der Waals surface area contributed by atoms with Crippen LogP contribution in [0.5, 0.6) is 0 Å². The van der Waals surface area contributed by atoms with Gasteiger partial charge in [-0.25, -0.2) is 4.79 Å². The van der Waals surface area contributed by atoms with Gasteiger partial charge in [0.05, 0.1) is 12.2 Å². The van der Waals surface area contributed by atoms with E-state index in [0.29, 0.717) is 12.2 Å². The number of hydrogen-bond acceptors (Lipinski definition) is 2.